The summed E-state index contributed by atoms with van der Waals surface area (Å²) in [5.74, 6) is -1.89. The number of halogens is 2. The Morgan fingerprint density at radius 1 is 1.41 bits per heavy atom. The van der Waals surface area contributed by atoms with Gasteiger partial charge in [-0.05, 0) is 32.9 Å². The number of anilines is 1. The monoisotopic (exact) mass is 391 g/mol. The highest BCUT2D eigenvalue weighted by molar-refractivity contribution is 6.38. The first kappa shape index (κ1) is 17.0. The highest BCUT2D eigenvalue weighted by Gasteiger charge is 2.62. The smallest absolute Gasteiger partial charge is 0.341 e. The first-order chi connectivity index (χ1) is 12.7. The molecule has 2 aromatic rings. The number of rotatable bonds is 3. The lowest BCUT2D eigenvalue weighted by atomic mass is 10.1. The third-order valence-corrected chi connectivity index (χ3v) is 6.86. The molecule has 8 heteroatoms. The van der Waals surface area contributed by atoms with Gasteiger partial charge in [0, 0.05) is 31.4 Å². The van der Waals surface area contributed by atoms with Crippen LogP contribution in [0.15, 0.2) is 17.1 Å². The summed E-state index contributed by atoms with van der Waals surface area (Å²) in [6.45, 7) is 3.48. The van der Waals surface area contributed by atoms with Gasteiger partial charge in [0.1, 0.15) is 11.4 Å². The van der Waals surface area contributed by atoms with Gasteiger partial charge in [-0.15, -0.1) is 0 Å². The van der Waals surface area contributed by atoms with E-state index in [4.69, 9.17) is 11.6 Å². The largest absolute Gasteiger partial charge is 0.477 e. The van der Waals surface area contributed by atoms with Gasteiger partial charge in [-0.1, -0.05) is 11.6 Å². The Kier molecular flexibility index (Phi) is 3.30. The average molecular weight is 392 g/mol. The fourth-order valence-electron chi connectivity index (χ4n) is 4.57. The van der Waals surface area contributed by atoms with Gasteiger partial charge < -0.3 is 14.6 Å². The van der Waals surface area contributed by atoms with Crippen LogP contribution in [0, 0.1) is 5.82 Å². The molecule has 0 bridgehead atoms. The molecule has 1 aromatic heterocycles. The molecule has 2 aliphatic heterocycles. The molecule has 3 unspecified atom stereocenters. The molecule has 1 aromatic carbocycles. The van der Waals surface area contributed by atoms with Gasteiger partial charge in [0.2, 0.25) is 5.43 Å². The number of aromatic nitrogens is 1. The summed E-state index contributed by atoms with van der Waals surface area (Å²) in [6, 6.07) is 1.61. The van der Waals surface area contributed by atoms with Crippen LogP contribution in [-0.2, 0) is 0 Å². The topological polar surface area (TPSA) is 65.6 Å². The van der Waals surface area contributed by atoms with Gasteiger partial charge in [0.05, 0.1) is 27.2 Å². The zero-order valence-corrected chi connectivity index (χ0v) is 15.8. The number of fused-ring (bicyclic) bond motifs is 2. The van der Waals surface area contributed by atoms with Crippen molar-refractivity contribution in [2.24, 2.45) is 0 Å². The first-order valence-corrected chi connectivity index (χ1v) is 9.40. The molecule has 3 aliphatic rings. The quantitative estimate of drug-likeness (QED) is 0.815. The van der Waals surface area contributed by atoms with Crippen molar-refractivity contribution in [2.45, 2.75) is 37.4 Å². The number of nitrogens with zero attached hydrogens (tertiary/aromatic N) is 3. The van der Waals surface area contributed by atoms with E-state index in [-0.39, 0.29) is 27.6 Å². The van der Waals surface area contributed by atoms with Crippen LogP contribution in [-0.4, -0.2) is 52.3 Å². The summed E-state index contributed by atoms with van der Waals surface area (Å²) in [5.41, 5.74) is -0.284. The molecular formula is C19H19ClFN3O3. The fourth-order valence-corrected chi connectivity index (χ4v) is 4.98. The van der Waals surface area contributed by atoms with E-state index in [0.717, 1.165) is 18.9 Å². The molecule has 0 amide bonds. The van der Waals surface area contributed by atoms with E-state index < -0.39 is 17.2 Å². The molecule has 0 radical (unpaired) electrons. The maximum absolute atomic E-state index is 15.0. The molecule has 3 fully saturated rings. The summed E-state index contributed by atoms with van der Waals surface area (Å²) < 4.78 is 16.8. The van der Waals surface area contributed by atoms with Gasteiger partial charge in [0.25, 0.3) is 0 Å². The molecule has 5 rings (SSSR count). The summed E-state index contributed by atoms with van der Waals surface area (Å²) in [5, 5.41) is 9.57. The second kappa shape index (κ2) is 5.23. The number of benzene rings is 1. The Morgan fingerprint density at radius 3 is 2.67 bits per heavy atom. The van der Waals surface area contributed by atoms with Crippen LogP contribution in [0.4, 0.5) is 10.1 Å². The molecule has 3 atom stereocenters. The maximum atomic E-state index is 15.0. The van der Waals surface area contributed by atoms with E-state index in [2.05, 4.69) is 18.9 Å². The fraction of sp³-hybridized carbons (Fsp3) is 0.474. The number of hydrogen-bond acceptors (Lipinski definition) is 4. The van der Waals surface area contributed by atoms with Crippen molar-refractivity contribution in [1.29, 1.82) is 0 Å². The van der Waals surface area contributed by atoms with Gasteiger partial charge >= 0.3 is 5.97 Å². The predicted molar refractivity (Wildman–Crippen MR) is 101 cm³/mol. The van der Waals surface area contributed by atoms with Crippen molar-refractivity contribution in [3.8, 4) is 0 Å². The lowest BCUT2D eigenvalue weighted by Crippen LogP contribution is -2.32. The van der Waals surface area contributed by atoms with E-state index >= 15 is 4.39 Å². The summed E-state index contributed by atoms with van der Waals surface area (Å²) >= 11 is 6.65. The molecule has 0 spiro atoms. The van der Waals surface area contributed by atoms with E-state index in [1.807, 2.05) is 4.90 Å². The molecule has 27 heavy (non-hydrogen) atoms. The number of likely N-dealkylation sites (N-methyl/N-ethyl adjacent to an activating group) is 1. The third-order valence-electron chi connectivity index (χ3n) is 6.50. The van der Waals surface area contributed by atoms with Crippen LogP contribution in [0.5, 0.6) is 0 Å². The molecule has 142 valence electrons. The van der Waals surface area contributed by atoms with Crippen molar-refractivity contribution in [2.75, 3.05) is 25.0 Å². The molecule has 2 saturated heterocycles. The van der Waals surface area contributed by atoms with Crippen LogP contribution in [0.3, 0.4) is 0 Å². The SMILES string of the molecule is CN1C2CN(c3c(F)cc4c(=O)c(C(=O)O)cn(C5CC5)c4c3Cl)CC21C. The van der Waals surface area contributed by atoms with Crippen LogP contribution in [0.1, 0.15) is 36.2 Å². The molecule has 1 N–H and O–H groups in total. The summed E-state index contributed by atoms with van der Waals surface area (Å²) in [4.78, 5) is 28.3. The Morgan fingerprint density at radius 2 is 2.11 bits per heavy atom. The standard InChI is InChI=1S/C19H19ClFN3O3/c1-19-8-23(7-13(19)22(19)2)16-12(21)5-10-15(14(16)20)24(9-3-4-9)6-11(17(10)25)18(26)27/h5-6,9,13H,3-4,7-8H2,1-2H3,(H,26,27). The molecule has 3 heterocycles. The summed E-state index contributed by atoms with van der Waals surface area (Å²) in [6.07, 6.45) is 3.12. The van der Waals surface area contributed by atoms with Crippen LogP contribution in [0.25, 0.3) is 10.9 Å². The van der Waals surface area contributed by atoms with Crippen molar-refractivity contribution in [1.82, 2.24) is 9.47 Å². The van der Waals surface area contributed by atoms with E-state index in [0.29, 0.717) is 30.3 Å². The molecule has 1 saturated carbocycles. The van der Waals surface area contributed by atoms with E-state index in [1.54, 1.807) is 4.57 Å². The van der Waals surface area contributed by atoms with Gasteiger partial charge in [0.15, 0.2) is 0 Å². The second-order valence-corrected chi connectivity index (χ2v) is 8.48. The lowest BCUT2D eigenvalue weighted by Gasteiger charge is -2.26. The van der Waals surface area contributed by atoms with Gasteiger partial charge in [-0.3, -0.25) is 9.69 Å². The third kappa shape index (κ3) is 2.21. The number of carboxylic acid groups (broad SMARTS) is 1. The minimum Gasteiger partial charge on any atom is -0.477 e. The van der Waals surface area contributed by atoms with Crippen molar-refractivity contribution < 1.29 is 14.3 Å². The zero-order chi connectivity index (χ0) is 19.2. The first-order valence-electron chi connectivity index (χ1n) is 9.02. The summed E-state index contributed by atoms with van der Waals surface area (Å²) in [7, 11) is 2.05. The zero-order valence-electron chi connectivity index (χ0n) is 15.0. The van der Waals surface area contributed by atoms with Crippen LogP contribution in [0.2, 0.25) is 5.02 Å². The minimum absolute atomic E-state index is 0.0219. The average Bonchev–Trinajstić information content (AvgIpc) is 3.48. The number of aromatic carboxylic acids is 1. The highest BCUT2D eigenvalue weighted by atomic mass is 35.5. The molecule has 1 aliphatic carbocycles. The molecule has 6 nitrogen and oxygen atoms in total. The second-order valence-electron chi connectivity index (χ2n) is 8.10. The van der Waals surface area contributed by atoms with Crippen LogP contribution >= 0.6 is 11.6 Å². The normalized spacial score (nSPS) is 29.3. The lowest BCUT2D eigenvalue weighted by molar-refractivity contribution is 0.0695. The van der Waals surface area contributed by atoms with Crippen molar-refractivity contribution in [3.63, 3.8) is 0 Å². The Labute approximate surface area is 159 Å². The predicted octanol–water partition coefficient (Wildman–Crippen LogP) is 2.72. The number of piperazine rings is 1. The maximum Gasteiger partial charge on any atom is 0.341 e. The minimum atomic E-state index is -1.31. The Hall–Kier alpha value is -2.12. The van der Waals surface area contributed by atoms with Crippen molar-refractivity contribution >= 4 is 34.2 Å². The Bertz CT molecular complexity index is 1080. The Balaban J connectivity index is 1.73. The number of carboxylic acids is 1. The number of pyridine rings is 1. The van der Waals surface area contributed by atoms with Crippen LogP contribution < -0.4 is 10.3 Å². The van der Waals surface area contributed by atoms with Gasteiger partial charge in [-0.2, -0.15) is 0 Å². The van der Waals surface area contributed by atoms with Crippen molar-refractivity contribution in [3.05, 3.63) is 38.9 Å². The van der Waals surface area contributed by atoms with Gasteiger partial charge in [-0.25, -0.2) is 9.18 Å². The van der Waals surface area contributed by atoms with E-state index in [1.165, 1.54) is 6.20 Å². The molecular weight excluding hydrogens is 373 g/mol. The highest BCUT2D eigenvalue weighted by Crippen LogP contribution is 2.49. The number of hydrogen-bond donors (Lipinski definition) is 1. The van der Waals surface area contributed by atoms with E-state index in [9.17, 15) is 14.7 Å². The number of carbonyl (C=O) groups is 1.